The number of halogens is 1. The zero-order chi connectivity index (χ0) is 32.4. The van der Waals surface area contributed by atoms with Crippen molar-refractivity contribution in [2.75, 3.05) is 38.2 Å². The highest BCUT2D eigenvalue weighted by Gasteiger charge is 2.31. The standard InChI is InChI=1S/C28H45FN2OS.C7H13N.C2H2/c1-5-22(3)24-9-7-8-14-31(25(6-2)20-24)26-12-15-30(16-13-26)21-23-10-11-28(27(29)19-23)32-17-18-33-4;1-5(2)6(3)7(4)8;1-2/h10-11,19,24-26H,3,5-9,12-18,20-21H2,1-2,4H3;1,8H2,2-4H3;1-2H/b;7-6-;. The number of rotatable bonds is 11. The first-order valence-corrected chi connectivity index (χ1v) is 17.5. The average Bonchev–Trinajstić information content (AvgIpc) is 2.99. The first-order chi connectivity index (χ1) is 20.6. The first-order valence-electron chi connectivity index (χ1n) is 16.1. The van der Waals surface area contributed by atoms with Gasteiger partial charge in [0.15, 0.2) is 11.6 Å². The molecule has 1 aromatic carbocycles. The lowest BCUT2D eigenvalue weighted by molar-refractivity contribution is 0.0519. The van der Waals surface area contributed by atoms with Crippen LogP contribution in [0.3, 0.4) is 0 Å². The second-order valence-corrected chi connectivity index (χ2v) is 12.9. The number of ether oxygens (including phenoxy) is 1. The van der Waals surface area contributed by atoms with E-state index in [1.54, 1.807) is 23.9 Å². The van der Waals surface area contributed by atoms with Crippen LogP contribution in [0.15, 0.2) is 53.8 Å². The summed E-state index contributed by atoms with van der Waals surface area (Å²) < 4.78 is 20.0. The van der Waals surface area contributed by atoms with Crippen molar-refractivity contribution >= 4 is 11.8 Å². The van der Waals surface area contributed by atoms with Crippen LogP contribution < -0.4 is 10.5 Å². The van der Waals surface area contributed by atoms with Crippen molar-refractivity contribution in [2.45, 2.75) is 105 Å². The summed E-state index contributed by atoms with van der Waals surface area (Å²) in [5.74, 6) is 1.71. The Balaban J connectivity index is 0.000000801. The van der Waals surface area contributed by atoms with E-state index in [1.807, 2.05) is 33.1 Å². The molecule has 2 fully saturated rings. The molecule has 0 bridgehead atoms. The Hall–Kier alpha value is -2.20. The minimum Gasteiger partial charge on any atom is -0.490 e. The zero-order valence-electron chi connectivity index (χ0n) is 28.1. The van der Waals surface area contributed by atoms with Crippen molar-refractivity contribution in [2.24, 2.45) is 11.7 Å². The van der Waals surface area contributed by atoms with Gasteiger partial charge < -0.3 is 10.5 Å². The lowest BCUT2D eigenvalue weighted by Gasteiger charge is -2.44. The third kappa shape index (κ3) is 13.5. The van der Waals surface area contributed by atoms with E-state index in [4.69, 9.17) is 10.5 Å². The van der Waals surface area contributed by atoms with Gasteiger partial charge in [0.1, 0.15) is 0 Å². The molecule has 2 N–H and O–H groups in total. The van der Waals surface area contributed by atoms with E-state index in [0.717, 1.165) is 54.2 Å². The minimum absolute atomic E-state index is 0.238. The Bertz CT molecular complexity index is 1020. The van der Waals surface area contributed by atoms with Gasteiger partial charge in [-0.25, -0.2) is 4.39 Å². The van der Waals surface area contributed by atoms with Gasteiger partial charge in [0.25, 0.3) is 0 Å². The Labute approximate surface area is 268 Å². The van der Waals surface area contributed by atoms with E-state index in [2.05, 4.69) is 49.7 Å². The van der Waals surface area contributed by atoms with Crippen LogP contribution in [0.25, 0.3) is 0 Å². The van der Waals surface area contributed by atoms with E-state index < -0.39 is 0 Å². The normalized spacial score (nSPS) is 20.7. The molecular formula is C37H60FN3OS. The smallest absolute Gasteiger partial charge is 0.165 e. The quantitative estimate of drug-likeness (QED) is 0.117. The molecule has 0 radical (unpaired) electrons. The molecule has 0 amide bonds. The maximum absolute atomic E-state index is 14.4. The molecular weight excluding hydrogens is 553 g/mol. The molecule has 2 heterocycles. The summed E-state index contributed by atoms with van der Waals surface area (Å²) >= 11 is 1.71. The summed E-state index contributed by atoms with van der Waals surface area (Å²) in [6, 6.07) is 6.85. The fourth-order valence-electron chi connectivity index (χ4n) is 5.99. The SMILES string of the molecule is C#C.C=C(C)/C(C)=C(/C)N.C=C(CC)C1CCCCN(C2CCN(Cc3ccc(OCCSC)c(F)c3)CC2)C(CC)C1. The summed E-state index contributed by atoms with van der Waals surface area (Å²) in [4.78, 5) is 5.35. The van der Waals surface area contributed by atoms with Gasteiger partial charge in [-0.3, -0.25) is 9.80 Å². The van der Waals surface area contributed by atoms with Gasteiger partial charge in [-0.1, -0.05) is 50.6 Å². The Morgan fingerprint density at radius 1 is 1.07 bits per heavy atom. The molecule has 0 aliphatic carbocycles. The Morgan fingerprint density at radius 3 is 2.26 bits per heavy atom. The summed E-state index contributed by atoms with van der Waals surface area (Å²) in [5, 5.41) is 0. The van der Waals surface area contributed by atoms with Gasteiger partial charge in [0, 0.05) is 30.1 Å². The van der Waals surface area contributed by atoms with Crippen LogP contribution in [-0.2, 0) is 6.54 Å². The van der Waals surface area contributed by atoms with Crippen LogP contribution in [-0.4, -0.2) is 60.1 Å². The minimum atomic E-state index is -0.238. The van der Waals surface area contributed by atoms with Crippen molar-refractivity contribution < 1.29 is 9.13 Å². The molecule has 1 aromatic rings. The molecule has 2 saturated heterocycles. The largest absolute Gasteiger partial charge is 0.490 e. The lowest BCUT2D eigenvalue weighted by atomic mass is 9.83. The molecule has 2 unspecified atom stereocenters. The van der Waals surface area contributed by atoms with Crippen LogP contribution in [0.2, 0.25) is 0 Å². The van der Waals surface area contributed by atoms with Crippen LogP contribution in [0, 0.1) is 24.6 Å². The van der Waals surface area contributed by atoms with Crippen molar-refractivity contribution in [1.29, 1.82) is 0 Å². The summed E-state index contributed by atoms with van der Waals surface area (Å²) in [7, 11) is 0. The number of terminal acetylenes is 1. The first kappa shape index (κ1) is 38.8. The van der Waals surface area contributed by atoms with E-state index in [0.29, 0.717) is 30.4 Å². The second-order valence-electron chi connectivity index (χ2n) is 11.9. The second kappa shape index (κ2) is 21.5. The number of hydrogen-bond donors (Lipinski definition) is 1. The van der Waals surface area contributed by atoms with Crippen LogP contribution in [0.1, 0.15) is 91.5 Å². The molecule has 0 aromatic heterocycles. The van der Waals surface area contributed by atoms with Crippen LogP contribution in [0.5, 0.6) is 5.75 Å². The molecule has 4 nitrogen and oxygen atoms in total. The van der Waals surface area contributed by atoms with E-state index in [1.165, 1.54) is 57.1 Å². The van der Waals surface area contributed by atoms with Gasteiger partial charge in [0.05, 0.1) is 6.61 Å². The molecule has 2 aliphatic rings. The number of hydrogen-bond acceptors (Lipinski definition) is 5. The lowest BCUT2D eigenvalue weighted by Crippen LogP contribution is -2.50. The number of thioether (sulfide) groups is 1. The number of likely N-dealkylation sites (tertiary alicyclic amines) is 2. The molecule has 2 atom stereocenters. The van der Waals surface area contributed by atoms with E-state index in [-0.39, 0.29) is 5.82 Å². The van der Waals surface area contributed by atoms with Gasteiger partial charge in [0.2, 0.25) is 0 Å². The fraction of sp³-hybridized carbons (Fsp3) is 0.622. The van der Waals surface area contributed by atoms with Gasteiger partial charge in [-0.05, 0) is 121 Å². The van der Waals surface area contributed by atoms with Gasteiger partial charge >= 0.3 is 0 Å². The summed E-state index contributed by atoms with van der Waals surface area (Å²) in [6.45, 7) is 23.4. The highest BCUT2D eigenvalue weighted by molar-refractivity contribution is 7.98. The highest BCUT2D eigenvalue weighted by atomic mass is 32.2. The van der Waals surface area contributed by atoms with Crippen molar-refractivity contribution in [3.63, 3.8) is 0 Å². The monoisotopic (exact) mass is 613 g/mol. The Morgan fingerprint density at radius 2 is 1.74 bits per heavy atom. The number of nitrogens with two attached hydrogens (primary N) is 1. The molecule has 0 spiro atoms. The predicted molar refractivity (Wildman–Crippen MR) is 188 cm³/mol. The highest BCUT2D eigenvalue weighted by Crippen LogP contribution is 2.33. The van der Waals surface area contributed by atoms with E-state index in [9.17, 15) is 4.39 Å². The van der Waals surface area contributed by atoms with Gasteiger partial charge in [-0.2, -0.15) is 11.8 Å². The van der Waals surface area contributed by atoms with Crippen LogP contribution >= 0.6 is 11.8 Å². The molecule has 242 valence electrons. The number of piperidine rings is 1. The third-order valence-corrected chi connectivity index (χ3v) is 9.53. The third-order valence-electron chi connectivity index (χ3n) is 8.95. The van der Waals surface area contributed by atoms with Crippen molar-refractivity contribution in [3.05, 3.63) is 65.2 Å². The molecule has 0 saturated carbocycles. The van der Waals surface area contributed by atoms with Crippen LogP contribution in [0.4, 0.5) is 4.39 Å². The average molecular weight is 614 g/mol. The number of allylic oxidation sites excluding steroid dienone is 4. The summed E-state index contributed by atoms with van der Waals surface area (Å²) in [5.41, 5.74) is 11.0. The number of benzene rings is 1. The molecule has 3 rings (SSSR count). The fourth-order valence-corrected chi connectivity index (χ4v) is 6.24. The predicted octanol–water partition coefficient (Wildman–Crippen LogP) is 8.83. The van der Waals surface area contributed by atoms with E-state index >= 15 is 0 Å². The number of nitrogens with zero attached hydrogens (tertiary/aromatic N) is 2. The molecule has 43 heavy (non-hydrogen) atoms. The molecule has 2 aliphatic heterocycles. The Kier molecular flexibility index (Phi) is 19.4. The zero-order valence-corrected chi connectivity index (χ0v) is 28.9. The topological polar surface area (TPSA) is 41.7 Å². The van der Waals surface area contributed by atoms with Crippen molar-refractivity contribution in [1.82, 2.24) is 9.80 Å². The summed E-state index contributed by atoms with van der Waals surface area (Å²) in [6.07, 6.45) is 20.1. The molecule has 6 heteroatoms. The van der Waals surface area contributed by atoms with Gasteiger partial charge in [-0.15, -0.1) is 12.8 Å². The van der Waals surface area contributed by atoms with Crippen molar-refractivity contribution in [3.8, 4) is 18.6 Å². The maximum Gasteiger partial charge on any atom is 0.165 e. The maximum atomic E-state index is 14.4.